The second kappa shape index (κ2) is 5.39. The molecule has 1 aromatic rings. The summed E-state index contributed by atoms with van der Waals surface area (Å²) in [5, 5.41) is 0.647. The molecule has 0 saturated carbocycles. The standard InChI is InChI=1S/C11H14ClNO3/c1-14-13-7-8-9(12)3-4-10-11(8)16-6-2-5-15-10/h3-4,13H,2,5-7H2,1H3. The predicted molar refractivity (Wildman–Crippen MR) is 60.9 cm³/mol. The van der Waals surface area contributed by atoms with E-state index in [1.165, 1.54) is 0 Å². The highest BCUT2D eigenvalue weighted by molar-refractivity contribution is 6.31. The number of benzene rings is 1. The number of nitrogens with one attached hydrogen (secondary N) is 1. The van der Waals surface area contributed by atoms with Gasteiger partial charge in [-0.25, -0.2) is 0 Å². The van der Waals surface area contributed by atoms with Crippen LogP contribution in [0.5, 0.6) is 11.5 Å². The maximum Gasteiger partial charge on any atom is 0.167 e. The van der Waals surface area contributed by atoms with Gasteiger partial charge < -0.3 is 14.3 Å². The van der Waals surface area contributed by atoms with Crippen molar-refractivity contribution in [3.05, 3.63) is 22.7 Å². The van der Waals surface area contributed by atoms with E-state index >= 15 is 0 Å². The van der Waals surface area contributed by atoms with E-state index in [4.69, 9.17) is 25.9 Å². The number of rotatable bonds is 3. The molecule has 1 aliphatic heterocycles. The molecule has 0 bridgehead atoms. The third-order valence-electron chi connectivity index (χ3n) is 2.35. The Bertz CT molecular complexity index is 370. The van der Waals surface area contributed by atoms with Crippen LogP contribution >= 0.6 is 11.6 Å². The molecular weight excluding hydrogens is 230 g/mol. The molecule has 0 aliphatic carbocycles. The van der Waals surface area contributed by atoms with Crippen LogP contribution in [0.25, 0.3) is 0 Å². The molecular formula is C11H14ClNO3. The molecule has 5 heteroatoms. The average molecular weight is 244 g/mol. The van der Waals surface area contributed by atoms with E-state index in [2.05, 4.69) is 5.48 Å². The molecule has 0 radical (unpaired) electrons. The maximum atomic E-state index is 6.12. The zero-order valence-corrected chi connectivity index (χ0v) is 9.84. The third kappa shape index (κ3) is 2.40. The molecule has 1 aromatic carbocycles. The Kier molecular flexibility index (Phi) is 3.88. The predicted octanol–water partition coefficient (Wildman–Crippen LogP) is 2.15. The van der Waals surface area contributed by atoms with Gasteiger partial charge in [-0.1, -0.05) is 11.6 Å². The van der Waals surface area contributed by atoms with E-state index in [9.17, 15) is 0 Å². The van der Waals surface area contributed by atoms with Gasteiger partial charge in [-0.05, 0) is 12.1 Å². The fourth-order valence-corrected chi connectivity index (χ4v) is 1.79. The lowest BCUT2D eigenvalue weighted by Crippen LogP contribution is -2.12. The van der Waals surface area contributed by atoms with Crippen LogP contribution in [0.15, 0.2) is 12.1 Å². The smallest absolute Gasteiger partial charge is 0.167 e. The summed E-state index contributed by atoms with van der Waals surface area (Å²) < 4.78 is 11.2. The third-order valence-corrected chi connectivity index (χ3v) is 2.71. The minimum absolute atomic E-state index is 0.488. The van der Waals surface area contributed by atoms with Gasteiger partial charge in [0.15, 0.2) is 11.5 Å². The Hall–Kier alpha value is -0.970. The summed E-state index contributed by atoms with van der Waals surface area (Å²) in [5.41, 5.74) is 3.62. The summed E-state index contributed by atoms with van der Waals surface area (Å²) in [4.78, 5) is 4.82. The number of hydrogen-bond acceptors (Lipinski definition) is 4. The summed E-state index contributed by atoms with van der Waals surface area (Å²) in [7, 11) is 1.56. The Balaban J connectivity index is 2.32. The second-order valence-electron chi connectivity index (χ2n) is 3.43. The van der Waals surface area contributed by atoms with E-state index in [-0.39, 0.29) is 0 Å². The van der Waals surface area contributed by atoms with Crippen LogP contribution in [0.2, 0.25) is 5.02 Å². The first kappa shape index (κ1) is 11.5. The molecule has 16 heavy (non-hydrogen) atoms. The second-order valence-corrected chi connectivity index (χ2v) is 3.84. The largest absolute Gasteiger partial charge is 0.490 e. The molecule has 0 atom stereocenters. The molecule has 0 aromatic heterocycles. The molecule has 0 saturated heterocycles. The Morgan fingerprint density at radius 2 is 2.19 bits per heavy atom. The van der Waals surface area contributed by atoms with E-state index in [1.54, 1.807) is 7.11 Å². The van der Waals surface area contributed by atoms with Crippen molar-refractivity contribution in [3.8, 4) is 11.5 Å². The molecule has 88 valence electrons. The SMILES string of the molecule is CONCc1c(Cl)ccc2c1OCCCO2. The number of halogens is 1. The summed E-state index contributed by atoms with van der Waals surface area (Å²) >= 11 is 6.12. The first-order valence-electron chi connectivity index (χ1n) is 5.15. The van der Waals surface area contributed by atoms with Gasteiger partial charge in [0, 0.05) is 17.0 Å². The van der Waals surface area contributed by atoms with Crippen molar-refractivity contribution >= 4 is 11.6 Å². The Morgan fingerprint density at radius 3 is 3.00 bits per heavy atom. The van der Waals surface area contributed by atoms with Crippen LogP contribution in [-0.2, 0) is 11.4 Å². The lowest BCUT2D eigenvalue weighted by molar-refractivity contribution is 0.0859. The maximum absolute atomic E-state index is 6.12. The monoisotopic (exact) mass is 243 g/mol. The fraction of sp³-hybridized carbons (Fsp3) is 0.455. The topological polar surface area (TPSA) is 39.7 Å². The van der Waals surface area contributed by atoms with Crippen molar-refractivity contribution in [3.63, 3.8) is 0 Å². The van der Waals surface area contributed by atoms with Crippen LogP contribution in [0.4, 0.5) is 0 Å². The summed E-state index contributed by atoms with van der Waals surface area (Å²) in [5.74, 6) is 1.46. The van der Waals surface area contributed by atoms with Gasteiger partial charge in [0.25, 0.3) is 0 Å². The molecule has 0 unspecified atom stereocenters. The lowest BCUT2D eigenvalue weighted by Gasteiger charge is -2.14. The molecule has 0 amide bonds. The van der Waals surface area contributed by atoms with Gasteiger partial charge in [-0.3, -0.25) is 0 Å². The molecule has 2 rings (SSSR count). The minimum atomic E-state index is 0.488. The molecule has 1 N–H and O–H groups in total. The van der Waals surface area contributed by atoms with Crippen LogP contribution in [0.3, 0.4) is 0 Å². The van der Waals surface area contributed by atoms with Gasteiger partial charge in [0.2, 0.25) is 0 Å². The van der Waals surface area contributed by atoms with Crippen LogP contribution in [0, 0.1) is 0 Å². The van der Waals surface area contributed by atoms with Crippen molar-refractivity contribution in [1.82, 2.24) is 5.48 Å². The van der Waals surface area contributed by atoms with Gasteiger partial charge in [-0.15, -0.1) is 0 Å². The van der Waals surface area contributed by atoms with Gasteiger partial charge >= 0.3 is 0 Å². The number of hydroxylamine groups is 1. The Labute approximate surface area is 99.4 Å². The van der Waals surface area contributed by atoms with Gasteiger partial charge in [0.1, 0.15) is 0 Å². The van der Waals surface area contributed by atoms with Crippen LogP contribution in [0.1, 0.15) is 12.0 Å². The molecule has 0 fully saturated rings. The highest BCUT2D eigenvalue weighted by atomic mass is 35.5. The summed E-state index contributed by atoms with van der Waals surface area (Å²) in [6.07, 6.45) is 0.878. The zero-order chi connectivity index (χ0) is 11.4. The quantitative estimate of drug-likeness (QED) is 0.826. The van der Waals surface area contributed by atoms with E-state index in [0.717, 1.165) is 23.5 Å². The van der Waals surface area contributed by atoms with E-state index in [1.807, 2.05) is 12.1 Å². The van der Waals surface area contributed by atoms with Crippen LogP contribution < -0.4 is 15.0 Å². The summed E-state index contributed by atoms with van der Waals surface area (Å²) in [6, 6.07) is 3.64. The highest BCUT2D eigenvalue weighted by Crippen LogP contribution is 2.37. The average Bonchev–Trinajstić information content (AvgIpc) is 2.53. The fourth-order valence-electron chi connectivity index (χ4n) is 1.58. The zero-order valence-electron chi connectivity index (χ0n) is 9.09. The van der Waals surface area contributed by atoms with Gasteiger partial charge in [0.05, 0.1) is 26.9 Å². The molecule has 0 spiro atoms. The molecule has 1 heterocycles. The lowest BCUT2D eigenvalue weighted by atomic mass is 10.2. The van der Waals surface area contributed by atoms with Gasteiger partial charge in [-0.2, -0.15) is 5.48 Å². The van der Waals surface area contributed by atoms with Crippen molar-refractivity contribution in [2.45, 2.75) is 13.0 Å². The van der Waals surface area contributed by atoms with Crippen molar-refractivity contribution in [1.29, 1.82) is 0 Å². The minimum Gasteiger partial charge on any atom is -0.490 e. The summed E-state index contributed by atoms with van der Waals surface area (Å²) in [6.45, 7) is 1.81. The van der Waals surface area contributed by atoms with E-state index < -0.39 is 0 Å². The number of ether oxygens (including phenoxy) is 2. The highest BCUT2D eigenvalue weighted by Gasteiger charge is 2.17. The molecule has 1 aliphatic rings. The van der Waals surface area contributed by atoms with Crippen molar-refractivity contribution < 1.29 is 14.3 Å². The van der Waals surface area contributed by atoms with E-state index in [0.29, 0.717) is 24.8 Å². The Morgan fingerprint density at radius 1 is 1.38 bits per heavy atom. The van der Waals surface area contributed by atoms with Crippen molar-refractivity contribution in [2.75, 3.05) is 20.3 Å². The van der Waals surface area contributed by atoms with Crippen LogP contribution in [-0.4, -0.2) is 20.3 Å². The number of hydrogen-bond donors (Lipinski definition) is 1. The normalized spacial score (nSPS) is 14.6. The first-order chi connectivity index (χ1) is 7.83. The first-order valence-corrected chi connectivity index (χ1v) is 5.53. The van der Waals surface area contributed by atoms with Crippen molar-refractivity contribution in [2.24, 2.45) is 0 Å². The molecule has 4 nitrogen and oxygen atoms in total. The number of fused-ring (bicyclic) bond motifs is 1.